The molecule has 1 aromatic rings. The van der Waals surface area contributed by atoms with Crippen LogP contribution in [0.15, 0.2) is 11.4 Å². The van der Waals surface area contributed by atoms with E-state index in [0.717, 1.165) is 11.1 Å². The predicted octanol–water partition coefficient (Wildman–Crippen LogP) is 0.606. The van der Waals surface area contributed by atoms with Gasteiger partial charge in [-0.15, -0.1) is 11.3 Å². The van der Waals surface area contributed by atoms with Crippen molar-refractivity contribution < 1.29 is 18.3 Å². The SMILES string of the molecule is CC(C)c1cc(C(=O)N2C[C@@H](O)[C@H](NS(C)(=O)=O)C2)cs1. The number of hydrogen-bond donors (Lipinski definition) is 2. The van der Waals surface area contributed by atoms with Crippen molar-refractivity contribution in [3.05, 3.63) is 21.9 Å². The lowest BCUT2D eigenvalue weighted by molar-refractivity contribution is 0.0765. The van der Waals surface area contributed by atoms with Gasteiger partial charge in [0.05, 0.1) is 24.0 Å². The van der Waals surface area contributed by atoms with Crippen LogP contribution < -0.4 is 4.72 Å². The number of thiophene rings is 1. The predicted molar refractivity (Wildman–Crippen MR) is 82.1 cm³/mol. The molecule has 1 fully saturated rings. The average Bonchev–Trinajstić information content (AvgIpc) is 2.94. The van der Waals surface area contributed by atoms with E-state index in [-0.39, 0.29) is 19.0 Å². The third-order valence-electron chi connectivity index (χ3n) is 3.38. The Balaban J connectivity index is 2.07. The Morgan fingerprint density at radius 1 is 1.48 bits per heavy atom. The number of rotatable bonds is 4. The van der Waals surface area contributed by atoms with E-state index in [2.05, 4.69) is 18.6 Å². The van der Waals surface area contributed by atoms with Gasteiger partial charge in [-0.3, -0.25) is 4.79 Å². The van der Waals surface area contributed by atoms with Crippen molar-refractivity contribution in [1.29, 1.82) is 0 Å². The molecule has 0 radical (unpaired) electrons. The minimum atomic E-state index is -3.41. The smallest absolute Gasteiger partial charge is 0.254 e. The van der Waals surface area contributed by atoms with Crippen molar-refractivity contribution in [2.75, 3.05) is 19.3 Å². The third kappa shape index (κ3) is 4.03. The summed E-state index contributed by atoms with van der Waals surface area (Å²) in [6, 6.07) is 1.22. The van der Waals surface area contributed by atoms with Crippen molar-refractivity contribution in [3.63, 3.8) is 0 Å². The number of carbonyl (C=O) groups is 1. The first-order chi connectivity index (χ1) is 9.67. The Labute approximate surface area is 128 Å². The molecular weight excluding hydrogens is 312 g/mol. The van der Waals surface area contributed by atoms with Crippen LogP contribution in [0.4, 0.5) is 0 Å². The molecule has 1 aromatic heterocycles. The number of sulfonamides is 1. The molecule has 2 N–H and O–H groups in total. The number of hydrogen-bond acceptors (Lipinski definition) is 5. The van der Waals surface area contributed by atoms with E-state index < -0.39 is 22.2 Å². The first-order valence-electron chi connectivity index (χ1n) is 6.70. The van der Waals surface area contributed by atoms with Crippen molar-refractivity contribution in [3.8, 4) is 0 Å². The highest BCUT2D eigenvalue weighted by atomic mass is 32.2. The fourth-order valence-corrected chi connectivity index (χ4v) is 3.97. The summed E-state index contributed by atoms with van der Waals surface area (Å²) in [5.74, 6) is 0.190. The Morgan fingerprint density at radius 2 is 2.14 bits per heavy atom. The summed E-state index contributed by atoms with van der Waals surface area (Å²) in [6.07, 6.45) is 0.157. The molecule has 2 atom stereocenters. The number of β-amino-alcohol motifs (C(OH)–C–C–N with tert-alkyl or cyclic N) is 1. The molecule has 118 valence electrons. The molecule has 2 rings (SSSR count). The molecule has 0 bridgehead atoms. The van der Waals surface area contributed by atoms with Crippen molar-refractivity contribution >= 4 is 27.3 Å². The van der Waals surface area contributed by atoms with Gasteiger partial charge in [-0.05, 0) is 12.0 Å². The van der Waals surface area contributed by atoms with Gasteiger partial charge in [-0.25, -0.2) is 13.1 Å². The Kier molecular flexibility index (Phi) is 4.72. The van der Waals surface area contributed by atoms with Crippen LogP contribution in [-0.2, 0) is 10.0 Å². The van der Waals surface area contributed by atoms with Crippen LogP contribution in [0.2, 0.25) is 0 Å². The van der Waals surface area contributed by atoms with Crippen LogP contribution in [0.3, 0.4) is 0 Å². The minimum Gasteiger partial charge on any atom is -0.390 e. The normalized spacial score (nSPS) is 23.0. The van der Waals surface area contributed by atoms with E-state index in [0.29, 0.717) is 11.5 Å². The van der Waals surface area contributed by atoms with E-state index in [9.17, 15) is 18.3 Å². The number of carbonyl (C=O) groups excluding carboxylic acids is 1. The highest BCUT2D eigenvalue weighted by Crippen LogP contribution is 2.25. The van der Waals surface area contributed by atoms with Gasteiger partial charge in [0.25, 0.3) is 5.91 Å². The van der Waals surface area contributed by atoms with Gasteiger partial charge in [0, 0.05) is 23.3 Å². The van der Waals surface area contributed by atoms with Crippen molar-refractivity contribution in [1.82, 2.24) is 9.62 Å². The second-order valence-electron chi connectivity index (χ2n) is 5.67. The maximum absolute atomic E-state index is 12.4. The number of likely N-dealkylation sites (tertiary alicyclic amines) is 1. The molecule has 0 aromatic carbocycles. The topological polar surface area (TPSA) is 86.7 Å². The van der Waals surface area contributed by atoms with Gasteiger partial charge < -0.3 is 10.0 Å². The molecule has 2 heterocycles. The first kappa shape index (κ1) is 16.4. The Bertz CT molecular complexity index is 624. The van der Waals surface area contributed by atoms with Gasteiger partial charge in [-0.2, -0.15) is 0 Å². The Morgan fingerprint density at radius 3 is 2.67 bits per heavy atom. The minimum absolute atomic E-state index is 0.138. The van der Waals surface area contributed by atoms with E-state index in [1.807, 2.05) is 6.07 Å². The molecule has 0 aliphatic carbocycles. The third-order valence-corrected chi connectivity index (χ3v) is 5.34. The van der Waals surface area contributed by atoms with E-state index in [1.165, 1.54) is 16.2 Å². The average molecular weight is 332 g/mol. The number of aliphatic hydroxyl groups is 1. The fourth-order valence-electron chi connectivity index (χ4n) is 2.29. The maximum Gasteiger partial charge on any atom is 0.254 e. The number of amides is 1. The maximum atomic E-state index is 12.4. The monoisotopic (exact) mass is 332 g/mol. The number of aliphatic hydroxyl groups excluding tert-OH is 1. The number of nitrogens with one attached hydrogen (secondary N) is 1. The van der Waals surface area contributed by atoms with Crippen molar-refractivity contribution in [2.45, 2.75) is 31.9 Å². The molecule has 1 saturated heterocycles. The lowest BCUT2D eigenvalue weighted by Gasteiger charge is -2.15. The fraction of sp³-hybridized carbons (Fsp3) is 0.615. The molecular formula is C13H20N2O4S2. The molecule has 0 saturated carbocycles. The molecule has 21 heavy (non-hydrogen) atoms. The number of nitrogens with zero attached hydrogens (tertiary/aromatic N) is 1. The standard InChI is InChI=1S/C13H20N2O4S2/c1-8(2)12-4-9(7-20-12)13(17)15-5-10(11(16)6-15)14-21(3,18)19/h4,7-8,10-11,14,16H,5-6H2,1-3H3/t10-,11-/m1/s1. The second-order valence-corrected chi connectivity index (χ2v) is 8.39. The highest BCUT2D eigenvalue weighted by Gasteiger charge is 2.36. The van der Waals surface area contributed by atoms with Crippen LogP contribution in [0.25, 0.3) is 0 Å². The summed E-state index contributed by atoms with van der Waals surface area (Å²) in [6.45, 7) is 4.44. The molecule has 1 aliphatic rings. The van der Waals surface area contributed by atoms with Crippen LogP contribution in [-0.4, -0.2) is 55.8 Å². The van der Waals surface area contributed by atoms with Gasteiger partial charge in [0.2, 0.25) is 10.0 Å². The molecule has 6 nitrogen and oxygen atoms in total. The summed E-state index contributed by atoms with van der Waals surface area (Å²) >= 11 is 1.53. The van der Waals surface area contributed by atoms with Crippen LogP contribution >= 0.6 is 11.3 Å². The quantitative estimate of drug-likeness (QED) is 0.846. The molecule has 0 spiro atoms. The summed E-state index contributed by atoms with van der Waals surface area (Å²) in [5.41, 5.74) is 0.593. The van der Waals surface area contributed by atoms with Crippen LogP contribution in [0.1, 0.15) is 35.0 Å². The molecule has 0 unspecified atom stereocenters. The largest absolute Gasteiger partial charge is 0.390 e. The van der Waals surface area contributed by atoms with Crippen LogP contribution in [0.5, 0.6) is 0 Å². The van der Waals surface area contributed by atoms with Gasteiger partial charge >= 0.3 is 0 Å². The Hall–Kier alpha value is -0.960. The highest BCUT2D eigenvalue weighted by molar-refractivity contribution is 7.88. The van der Waals surface area contributed by atoms with Crippen LogP contribution in [0, 0.1) is 0 Å². The lowest BCUT2D eigenvalue weighted by Crippen LogP contribution is -2.42. The van der Waals surface area contributed by atoms with Gasteiger partial charge in [-0.1, -0.05) is 13.8 Å². The van der Waals surface area contributed by atoms with E-state index in [4.69, 9.17) is 0 Å². The summed E-state index contributed by atoms with van der Waals surface area (Å²) in [4.78, 5) is 15.0. The summed E-state index contributed by atoms with van der Waals surface area (Å²) in [5, 5.41) is 11.7. The van der Waals surface area contributed by atoms with Crippen molar-refractivity contribution in [2.24, 2.45) is 0 Å². The van der Waals surface area contributed by atoms with Gasteiger partial charge in [0.1, 0.15) is 0 Å². The first-order valence-corrected chi connectivity index (χ1v) is 9.47. The summed E-state index contributed by atoms with van der Waals surface area (Å²) in [7, 11) is -3.41. The molecule has 1 aliphatic heterocycles. The molecule has 8 heteroatoms. The zero-order valence-electron chi connectivity index (χ0n) is 12.2. The zero-order chi connectivity index (χ0) is 15.8. The zero-order valence-corrected chi connectivity index (χ0v) is 13.9. The molecule has 1 amide bonds. The van der Waals surface area contributed by atoms with E-state index >= 15 is 0 Å². The second kappa shape index (κ2) is 6.04. The van der Waals surface area contributed by atoms with E-state index in [1.54, 1.807) is 5.38 Å². The summed E-state index contributed by atoms with van der Waals surface area (Å²) < 4.78 is 24.8. The van der Waals surface area contributed by atoms with Gasteiger partial charge in [0.15, 0.2) is 0 Å². The lowest BCUT2D eigenvalue weighted by atomic mass is 10.1.